The number of hydrogen-bond acceptors (Lipinski definition) is 3. The average molecular weight is 283 g/mol. The van der Waals surface area contributed by atoms with E-state index in [1.54, 1.807) is 6.07 Å². The molecule has 4 heteroatoms. The van der Waals surface area contributed by atoms with E-state index in [2.05, 4.69) is 10.3 Å². The van der Waals surface area contributed by atoms with Gasteiger partial charge in [-0.05, 0) is 63.1 Å². The topological polar surface area (TPSA) is 48.7 Å². The zero-order valence-electron chi connectivity index (χ0n) is 12.7. The first kappa shape index (κ1) is 15.0. The Hall–Kier alpha value is -2.41. The molecule has 1 atom stereocenters. The molecule has 0 radical (unpaired) electrons. The molecule has 0 bridgehead atoms. The first-order valence-electron chi connectivity index (χ1n) is 6.83. The van der Waals surface area contributed by atoms with Crippen molar-refractivity contribution in [2.24, 2.45) is 0 Å². The summed E-state index contributed by atoms with van der Waals surface area (Å²) in [6, 6.07) is 8.22. The Morgan fingerprint density at radius 3 is 2.57 bits per heavy atom. The second-order valence-corrected chi connectivity index (χ2v) is 5.25. The van der Waals surface area contributed by atoms with Crippen LogP contribution in [0.4, 0.5) is 10.1 Å². The van der Waals surface area contributed by atoms with Crippen LogP contribution in [0, 0.1) is 37.9 Å². The van der Waals surface area contributed by atoms with E-state index in [4.69, 9.17) is 5.26 Å². The molecule has 0 aliphatic carbocycles. The highest BCUT2D eigenvalue weighted by molar-refractivity contribution is 5.58. The van der Waals surface area contributed by atoms with Gasteiger partial charge in [0, 0.05) is 11.4 Å². The van der Waals surface area contributed by atoms with E-state index in [9.17, 15) is 4.39 Å². The molecule has 1 N–H and O–H groups in total. The van der Waals surface area contributed by atoms with Crippen molar-refractivity contribution in [2.75, 3.05) is 5.32 Å². The molecule has 0 fully saturated rings. The lowest BCUT2D eigenvalue weighted by Gasteiger charge is -2.20. The Balaban J connectivity index is 2.35. The van der Waals surface area contributed by atoms with Crippen LogP contribution in [0.5, 0.6) is 0 Å². The molecule has 1 aromatic carbocycles. The van der Waals surface area contributed by atoms with E-state index in [-0.39, 0.29) is 6.04 Å². The third kappa shape index (κ3) is 3.19. The van der Waals surface area contributed by atoms with Crippen LogP contribution in [0.25, 0.3) is 0 Å². The monoisotopic (exact) mass is 283 g/mol. The minimum Gasteiger partial charge on any atom is -0.377 e. The fraction of sp³-hybridized carbons (Fsp3) is 0.294. The van der Waals surface area contributed by atoms with Crippen molar-refractivity contribution in [1.82, 2.24) is 4.98 Å². The van der Waals surface area contributed by atoms with Gasteiger partial charge in [-0.2, -0.15) is 5.26 Å². The number of nitriles is 1. The van der Waals surface area contributed by atoms with Crippen molar-refractivity contribution in [3.63, 3.8) is 0 Å². The summed E-state index contributed by atoms with van der Waals surface area (Å²) in [4.78, 5) is 4.49. The number of nitrogens with one attached hydrogen (secondary N) is 1. The number of halogens is 1. The van der Waals surface area contributed by atoms with E-state index in [1.165, 1.54) is 12.1 Å². The molecular formula is C17H18FN3. The number of anilines is 1. The molecule has 0 spiro atoms. The van der Waals surface area contributed by atoms with Gasteiger partial charge < -0.3 is 5.32 Å². The fourth-order valence-electron chi connectivity index (χ4n) is 2.73. The van der Waals surface area contributed by atoms with Gasteiger partial charge in [-0.25, -0.2) is 4.39 Å². The summed E-state index contributed by atoms with van der Waals surface area (Å²) in [6.07, 6.45) is 0. The lowest BCUT2D eigenvalue weighted by Crippen LogP contribution is -2.12. The van der Waals surface area contributed by atoms with Gasteiger partial charge in [-0.3, -0.25) is 4.98 Å². The Bertz CT molecular complexity index is 693. The van der Waals surface area contributed by atoms with Crippen LogP contribution < -0.4 is 5.32 Å². The molecule has 21 heavy (non-hydrogen) atoms. The van der Waals surface area contributed by atoms with E-state index in [0.29, 0.717) is 11.3 Å². The Kier molecular flexibility index (Phi) is 4.23. The normalized spacial score (nSPS) is 11.8. The van der Waals surface area contributed by atoms with Crippen LogP contribution in [0.15, 0.2) is 24.3 Å². The molecule has 1 heterocycles. The van der Waals surface area contributed by atoms with Gasteiger partial charge in [0.15, 0.2) is 0 Å². The standard InChI is InChI=1S/C17H18FN3/c1-10-7-11(2)20-12(3)17(10)13(4)21-16-6-5-15(18)8-14(16)9-19/h5-8,13,21H,1-4H3. The number of aryl methyl sites for hydroxylation is 3. The Morgan fingerprint density at radius 2 is 1.95 bits per heavy atom. The highest BCUT2D eigenvalue weighted by atomic mass is 19.1. The quantitative estimate of drug-likeness (QED) is 0.918. The summed E-state index contributed by atoms with van der Waals surface area (Å²) >= 11 is 0. The molecule has 2 rings (SSSR count). The third-order valence-corrected chi connectivity index (χ3v) is 3.49. The smallest absolute Gasteiger partial charge is 0.124 e. The first-order chi connectivity index (χ1) is 9.92. The zero-order chi connectivity index (χ0) is 15.6. The van der Waals surface area contributed by atoms with Crippen LogP contribution >= 0.6 is 0 Å². The molecule has 1 aromatic heterocycles. The van der Waals surface area contributed by atoms with Crippen LogP contribution in [-0.4, -0.2) is 4.98 Å². The summed E-state index contributed by atoms with van der Waals surface area (Å²) in [5.74, 6) is -0.408. The maximum absolute atomic E-state index is 13.2. The van der Waals surface area contributed by atoms with E-state index >= 15 is 0 Å². The summed E-state index contributed by atoms with van der Waals surface area (Å²) in [7, 11) is 0. The average Bonchev–Trinajstić information content (AvgIpc) is 2.39. The Labute approximate surface area is 124 Å². The molecule has 0 amide bonds. The number of aromatic nitrogens is 1. The minimum absolute atomic E-state index is 0.0179. The van der Waals surface area contributed by atoms with Crippen molar-refractivity contribution in [2.45, 2.75) is 33.7 Å². The summed E-state index contributed by atoms with van der Waals surface area (Å²) in [6.45, 7) is 8.00. The third-order valence-electron chi connectivity index (χ3n) is 3.49. The molecule has 108 valence electrons. The van der Waals surface area contributed by atoms with Crippen molar-refractivity contribution in [1.29, 1.82) is 5.26 Å². The molecular weight excluding hydrogens is 265 g/mol. The van der Waals surface area contributed by atoms with E-state index in [1.807, 2.05) is 39.8 Å². The summed E-state index contributed by atoms with van der Waals surface area (Å²) < 4.78 is 13.2. The SMILES string of the molecule is Cc1cc(C)c(C(C)Nc2ccc(F)cc2C#N)c(C)n1. The molecule has 1 unspecified atom stereocenters. The van der Waals surface area contributed by atoms with Crippen LogP contribution in [-0.2, 0) is 0 Å². The van der Waals surface area contributed by atoms with Gasteiger partial charge in [0.25, 0.3) is 0 Å². The molecule has 0 aliphatic rings. The number of benzene rings is 1. The van der Waals surface area contributed by atoms with Crippen molar-refractivity contribution in [3.8, 4) is 6.07 Å². The zero-order valence-corrected chi connectivity index (χ0v) is 12.7. The van der Waals surface area contributed by atoms with Crippen LogP contribution in [0.1, 0.15) is 41.0 Å². The van der Waals surface area contributed by atoms with Gasteiger partial charge in [0.05, 0.1) is 17.3 Å². The van der Waals surface area contributed by atoms with Gasteiger partial charge >= 0.3 is 0 Å². The van der Waals surface area contributed by atoms with Crippen LogP contribution in [0.3, 0.4) is 0 Å². The number of nitrogens with zero attached hydrogens (tertiary/aromatic N) is 2. The number of pyridine rings is 1. The fourth-order valence-corrected chi connectivity index (χ4v) is 2.73. The van der Waals surface area contributed by atoms with Gasteiger partial charge in [0.2, 0.25) is 0 Å². The highest BCUT2D eigenvalue weighted by Crippen LogP contribution is 2.26. The van der Waals surface area contributed by atoms with Crippen molar-refractivity contribution < 1.29 is 4.39 Å². The lowest BCUT2D eigenvalue weighted by atomic mass is 10.00. The second kappa shape index (κ2) is 5.92. The predicted octanol–water partition coefficient (Wildman–Crippen LogP) is 4.19. The molecule has 0 saturated heterocycles. The summed E-state index contributed by atoms with van der Waals surface area (Å²) in [5.41, 5.74) is 5.14. The van der Waals surface area contributed by atoms with Crippen LogP contribution in [0.2, 0.25) is 0 Å². The van der Waals surface area contributed by atoms with Crippen molar-refractivity contribution >= 4 is 5.69 Å². The van der Waals surface area contributed by atoms with Crippen molar-refractivity contribution in [3.05, 3.63) is 58.2 Å². The molecule has 0 aliphatic heterocycles. The lowest BCUT2D eigenvalue weighted by molar-refractivity contribution is 0.627. The van der Waals surface area contributed by atoms with Gasteiger partial charge in [-0.1, -0.05) is 0 Å². The summed E-state index contributed by atoms with van der Waals surface area (Å²) in [5, 5.41) is 12.4. The van der Waals surface area contributed by atoms with E-state index in [0.717, 1.165) is 22.5 Å². The number of rotatable bonds is 3. The largest absolute Gasteiger partial charge is 0.377 e. The van der Waals surface area contributed by atoms with Gasteiger partial charge in [0.1, 0.15) is 11.9 Å². The molecule has 0 saturated carbocycles. The maximum atomic E-state index is 13.2. The second-order valence-electron chi connectivity index (χ2n) is 5.25. The predicted molar refractivity (Wildman–Crippen MR) is 81.6 cm³/mol. The molecule has 2 aromatic rings. The minimum atomic E-state index is -0.408. The first-order valence-corrected chi connectivity index (χ1v) is 6.83. The highest BCUT2D eigenvalue weighted by Gasteiger charge is 2.14. The Morgan fingerprint density at radius 1 is 1.24 bits per heavy atom. The molecule has 3 nitrogen and oxygen atoms in total. The number of hydrogen-bond donors (Lipinski definition) is 1. The van der Waals surface area contributed by atoms with Gasteiger partial charge in [-0.15, -0.1) is 0 Å². The van der Waals surface area contributed by atoms with E-state index < -0.39 is 5.82 Å². The maximum Gasteiger partial charge on any atom is 0.124 e.